The molecular formula is C14H8Na2O5S. The van der Waals surface area contributed by atoms with Crippen molar-refractivity contribution in [3.05, 3.63) is 58.7 Å². The summed E-state index contributed by atoms with van der Waals surface area (Å²) >= 11 is 1.55. The minimum atomic E-state index is -3.12. The molecule has 1 aliphatic rings. The van der Waals surface area contributed by atoms with Gasteiger partial charge in [0.1, 0.15) is 0 Å². The Morgan fingerprint density at radius 1 is 0.773 bits per heavy atom. The van der Waals surface area contributed by atoms with Gasteiger partial charge in [0.15, 0.2) is 0 Å². The van der Waals surface area contributed by atoms with E-state index in [1.165, 1.54) is 0 Å². The van der Waals surface area contributed by atoms with Crippen molar-refractivity contribution >= 4 is 84.0 Å². The molecule has 1 aliphatic carbocycles. The predicted molar refractivity (Wildman–Crippen MR) is 83.5 cm³/mol. The molecule has 0 bridgehead atoms. The number of thiol groups is 1. The van der Waals surface area contributed by atoms with Crippen LogP contribution in [0.15, 0.2) is 36.4 Å². The van der Waals surface area contributed by atoms with Gasteiger partial charge in [0.2, 0.25) is 0 Å². The Hall–Kier alpha value is -0.310. The number of hydrogen-bond donors (Lipinski definition) is 2. The number of ketones is 2. The Morgan fingerprint density at radius 3 is 1.41 bits per heavy atom. The summed E-state index contributed by atoms with van der Waals surface area (Å²) in [5.41, 5.74) is 2.44. The molecule has 0 saturated carbocycles. The minimum absolute atomic E-state index is 0.0166. The van der Waals surface area contributed by atoms with Gasteiger partial charge in [-0.3, -0.25) is 4.55 Å². The van der Waals surface area contributed by atoms with Crippen LogP contribution in [0.4, 0.5) is 0 Å². The first kappa shape index (κ1) is 18.0. The number of carbonyl (C=O) groups excluding carboxylic acids is 2. The number of hydrogen-bond acceptors (Lipinski definition) is 4. The van der Waals surface area contributed by atoms with Crippen molar-refractivity contribution in [3.63, 3.8) is 0 Å². The third kappa shape index (κ3) is 3.60. The van der Waals surface area contributed by atoms with Crippen molar-refractivity contribution < 1.29 is 22.6 Å². The molecule has 0 heterocycles. The molecule has 0 saturated heterocycles. The molecule has 0 radical (unpaired) electrons. The van der Waals surface area contributed by atoms with Crippen molar-refractivity contribution in [2.75, 3.05) is 0 Å². The second-order valence-corrected chi connectivity index (χ2v) is 7.52. The van der Waals surface area contributed by atoms with E-state index in [0.717, 1.165) is 61.5 Å². The van der Waals surface area contributed by atoms with Crippen LogP contribution in [-0.2, 0) is 11.0 Å². The SMILES string of the molecule is O=C1c2ccc[c]([Na])c2C(=O)c2ccc[c]([Na])c21.O=[SH](=O)O. The fourth-order valence-corrected chi connectivity index (χ4v) is 3.96. The van der Waals surface area contributed by atoms with E-state index in [-0.39, 0.29) is 11.6 Å². The van der Waals surface area contributed by atoms with Crippen LogP contribution in [0.3, 0.4) is 0 Å². The Bertz CT molecular complexity index is 789. The molecule has 0 unspecified atom stereocenters. The van der Waals surface area contributed by atoms with E-state index in [0.29, 0.717) is 22.3 Å². The largest absolute Gasteiger partial charge is 0.288 e. The molecule has 0 atom stereocenters. The monoisotopic (exact) mass is 334 g/mol. The maximum Gasteiger partial charge on any atom is 0.254 e. The standard InChI is InChI=1S/C14H6O2.2Na.H2O3S/c15-13-9-5-1-2-6-10(9)14(16)12-8-4-3-7-11(12)13;;;1-4(2)3/h1-5,8H;;;4H,(H,1,2,3). The predicted octanol–water partition coefficient (Wildman–Crippen LogP) is -0.880. The van der Waals surface area contributed by atoms with E-state index in [4.69, 9.17) is 13.0 Å². The van der Waals surface area contributed by atoms with Crippen molar-refractivity contribution in [3.8, 4) is 0 Å². The summed E-state index contributed by atoms with van der Waals surface area (Å²) in [7, 11) is -3.12. The van der Waals surface area contributed by atoms with Gasteiger partial charge in [-0.25, -0.2) is 8.42 Å². The van der Waals surface area contributed by atoms with Gasteiger partial charge >= 0.3 is 141 Å². The van der Waals surface area contributed by atoms with E-state index >= 15 is 0 Å². The molecule has 8 heteroatoms. The third-order valence-electron chi connectivity index (χ3n) is 3.49. The van der Waals surface area contributed by atoms with E-state index in [9.17, 15) is 9.59 Å². The second-order valence-electron chi connectivity index (χ2n) is 4.89. The molecule has 0 amide bonds. The van der Waals surface area contributed by atoms with Crippen molar-refractivity contribution in [1.82, 2.24) is 0 Å². The van der Waals surface area contributed by atoms with E-state index < -0.39 is 11.0 Å². The molecule has 22 heavy (non-hydrogen) atoms. The van der Waals surface area contributed by atoms with E-state index in [1.807, 2.05) is 24.3 Å². The fraction of sp³-hybridized carbons (Fsp3) is 0. The van der Waals surface area contributed by atoms with Gasteiger partial charge in [-0.2, -0.15) is 0 Å². The zero-order chi connectivity index (χ0) is 16.4. The van der Waals surface area contributed by atoms with Gasteiger partial charge in [0.05, 0.1) is 0 Å². The number of benzene rings is 2. The molecule has 3 rings (SSSR count). The summed E-state index contributed by atoms with van der Waals surface area (Å²) in [5, 5.41) is 0. The van der Waals surface area contributed by atoms with Gasteiger partial charge < -0.3 is 0 Å². The maximum absolute atomic E-state index is 12.5. The van der Waals surface area contributed by atoms with E-state index in [2.05, 4.69) is 0 Å². The molecule has 2 aromatic rings. The molecule has 102 valence electrons. The quantitative estimate of drug-likeness (QED) is 0.317. The van der Waals surface area contributed by atoms with Crippen LogP contribution in [0.2, 0.25) is 0 Å². The second kappa shape index (κ2) is 7.51. The number of carbonyl (C=O) groups is 2. The first-order valence-electron chi connectivity index (χ1n) is 6.46. The summed E-state index contributed by atoms with van der Waals surface area (Å²) in [5.74, 6) is 0.0331. The average molecular weight is 334 g/mol. The summed E-state index contributed by atoms with van der Waals surface area (Å²) < 4.78 is 26.2. The average Bonchev–Trinajstić information content (AvgIpc) is 2.44. The normalized spacial score (nSPS) is 12.5. The Kier molecular flexibility index (Phi) is 6.15. The van der Waals surface area contributed by atoms with Gasteiger partial charge in [0.25, 0.3) is 11.0 Å². The summed E-state index contributed by atoms with van der Waals surface area (Å²) in [6.45, 7) is 0. The maximum atomic E-state index is 12.5. The smallest absolute Gasteiger partial charge is 0.254 e. The van der Waals surface area contributed by atoms with Crippen molar-refractivity contribution in [2.45, 2.75) is 0 Å². The Labute approximate surface area is 163 Å². The van der Waals surface area contributed by atoms with Crippen LogP contribution >= 0.6 is 0 Å². The first-order chi connectivity index (χ1) is 10.3. The Balaban J connectivity index is 0.000000396. The van der Waals surface area contributed by atoms with Crippen LogP contribution in [0.25, 0.3) is 0 Å². The van der Waals surface area contributed by atoms with Crippen molar-refractivity contribution in [1.29, 1.82) is 0 Å². The van der Waals surface area contributed by atoms with Crippen LogP contribution in [0, 0.1) is 0 Å². The molecule has 0 aliphatic heterocycles. The molecule has 0 spiro atoms. The Morgan fingerprint density at radius 2 is 1.09 bits per heavy atom. The summed E-state index contributed by atoms with van der Waals surface area (Å²) in [6.07, 6.45) is 0. The first-order valence-corrected chi connectivity index (χ1v) is 9.59. The minimum Gasteiger partial charge on any atom is -0.288 e. The van der Waals surface area contributed by atoms with Crippen LogP contribution in [-0.4, -0.2) is 80.4 Å². The van der Waals surface area contributed by atoms with Gasteiger partial charge in [-0.1, -0.05) is 0 Å². The van der Waals surface area contributed by atoms with E-state index in [1.54, 1.807) is 12.1 Å². The number of rotatable bonds is 0. The topological polar surface area (TPSA) is 88.5 Å². The van der Waals surface area contributed by atoms with Crippen molar-refractivity contribution in [2.24, 2.45) is 0 Å². The van der Waals surface area contributed by atoms with Crippen LogP contribution < -0.4 is 5.63 Å². The molecule has 1 N–H and O–H groups in total. The molecule has 5 nitrogen and oxygen atoms in total. The third-order valence-corrected chi connectivity index (χ3v) is 5.16. The van der Waals surface area contributed by atoms with Crippen LogP contribution in [0.1, 0.15) is 31.8 Å². The molecular weight excluding hydrogens is 326 g/mol. The molecule has 0 fully saturated rings. The van der Waals surface area contributed by atoms with Gasteiger partial charge in [-0.15, -0.1) is 0 Å². The molecule has 2 aromatic carbocycles. The van der Waals surface area contributed by atoms with Gasteiger partial charge in [0, 0.05) is 0 Å². The zero-order valence-electron chi connectivity index (χ0n) is 12.0. The zero-order valence-corrected chi connectivity index (χ0v) is 16.9. The molecule has 0 aromatic heterocycles. The number of fused-ring (bicyclic) bond motifs is 2. The summed E-state index contributed by atoms with van der Waals surface area (Å²) in [4.78, 5) is 25.0. The van der Waals surface area contributed by atoms with Crippen LogP contribution in [0.5, 0.6) is 0 Å². The van der Waals surface area contributed by atoms with Gasteiger partial charge in [-0.05, 0) is 0 Å². The summed E-state index contributed by atoms with van der Waals surface area (Å²) in [6, 6.07) is 11.2. The fourth-order valence-electron chi connectivity index (χ4n) is 2.59.